The van der Waals surface area contributed by atoms with Crippen molar-refractivity contribution in [3.8, 4) is 0 Å². The van der Waals surface area contributed by atoms with Crippen LogP contribution in [0.3, 0.4) is 0 Å². The molecule has 7 heteroatoms. The molecule has 0 saturated heterocycles. The molecule has 106 valence electrons. The average Bonchev–Trinajstić information content (AvgIpc) is 2.38. The van der Waals surface area contributed by atoms with Crippen molar-refractivity contribution < 1.29 is 12.8 Å². The zero-order valence-corrected chi connectivity index (χ0v) is 13.5. The van der Waals surface area contributed by atoms with Crippen LogP contribution in [0.15, 0.2) is 41.3 Å². The van der Waals surface area contributed by atoms with Crippen LogP contribution in [0, 0.1) is 16.3 Å². The molecule has 0 amide bonds. The summed E-state index contributed by atoms with van der Waals surface area (Å²) >= 11 is 2.03. The summed E-state index contributed by atoms with van der Waals surface area (Å²) in [7, 11) is -3.80. The van der Waals surface area contributed by atoms with Crippen molar-refractivity contribution in [2.24, 2.45) is 0 Å². The van der Waals surface area contributed by atoms with Crippen LogP contribution in [0.1, 0.15) is 5.56 Å². The van der Waals surface area contributed by atoms with Gasteiger partial charge >= 0.3 is 0 Å². The van der Waals surface area contributed by atoms with Crippen LogP contribution in [0.2, 0.25) is 0 Å². The fourth-order valence-electron chi connectivity index (χ4n) is 1.67. The Hall–Kier alpha value is -1.35. The highest BCUT2D eigenvalue weighted by Crippen LogP contribution is 2.24. The molecule has 0 spiro atoms. The maximum atomic E-state index is 13.4. The van der Waals surface area contributed by atoms with Crippen molar-refractivity contribution >= 4 is 44.0 Å². The van der Waals surface area contributed by atoms with E-state index in [1.165, 1.54) is 13.0 Å². The zero-order valence-electron chi connectivity index (χ0n) is 10.5. The number of nitrogen functional groups attached to an aromatic ring is 1. The third-order valence-corrected chi connectivity index (χ3v) is 4.97. The van der Waals surface area contributed by atoms with Gasteiger partial charge in [0.05, 0.1) is 16.3 Å². The highest BCUT2D eigenvalue weighted by Gasteiger charge is 2.18. The number of rotatable bonds is 3. The van der Waals surface area contributed by atoms with Crippen LogP contribution in [0.25, 0.3) is 0 Å². The van der Waals surface area contributed by atoms with Gasteiger partial charge in [0, 0.05) is 3.57 Å². The first-order chi connectivity index (χ1) is 9.31. The van der Waals surface area contributed by atoms with Crippen molar-refractivity contribution in [2.45, 2.75) is 11.8 Å². The number of hydrogen-bond acceptors (Lipinski definition) is 3. The highest BCUT2D eigenvalue weighted by atomic mass is 127. The fourth-order valence-corrected chi connectivity index (χ4v) is 3.57. The minimum absolute atomic E-state index is 0.0615. The van der Waals surface area contributed by atoms with Crippen molar-refractivity contribution in [3.63, 3.8) is 0 Å². The smallest absolute Gasteiger partial charge is 0.262 e. The topological polar surface area (TPSA) is 72.2 Å². The summed E-state index contributed by atoms with van der Waals surface area (Å²) in [6.45, 7) is 1.47. The molecule has 0 aliphatic heterocycles. The van der Waals surface area contributed by atoms with Gasteiger partial charge in [-0.05, 0) is 59.3 Å². The third-order valence-electron chi connectivity index (χ3n) is 2.68. The van der Waals surface area contributed by atoms with E-state index in [1.54, 1.807) is 24.3 Å². The van der Waals surface area contributed by atoms with E-state index >= 15 is 0 Å². The van der Waals surface area contributed by atoms with E-state index in [9.17, 15) is 12.8 Å². The van der Waals surface area contributed by atoms with Gasteiger partial charge in [-0.15, -0.1) is 0 Å². The number of sulfonamides is 1. The molecule has 0 aliphatic rings. The lowest BCUT2D eigenvalue weighted by Crippen LogP contribution is -2.14. The Morgan fingerprint density at radius 1 is 1.25 bits per heavy atom. The molecule has 0 bridgehead atoms. The summed E-state index contributed by atoms with van der Waals surface area (Å²) in [5, 5.41) is 0. The number of aryl methyl sites for hydroxylation is 1. The average molecular weight is 406 g/mol. The van der Waals surface area contributed by atoms with Gasteiger partial charge in [-0.2, -0.15) is 0 Å². The Labute approximate surface area is 130 Å². The molecule has 0 aromatic heterocycles. The summed E-state index contributed by atoms with van der Waals surface area (Å²) in [4.78, 5) is -0.0615. The Balaban J connectivity index is 2.44. The van der Waals surface area contributed by atoms with Crippen molar-refractivity contribution in [2.75, 3.05) is 10.5 Å². The van der Waals surface area contributed by atoms with Crippen LogP contribution in [-0.2, 0) is 10.0 Å². The van der Waals surface area contributed by atoms with Crippen LogP contribution in [0.5, 0.6) is 0 Å². The second-order valence-corrected chi connectivity index (χ2v) is 7.07. The molecule has 2 rings (SSSR count). The van der Waals surface area contributed by atoms with Gasteiger partial charge in [0.2, 0.25) is 0 Å². The Bertz CT molecular complexity index is 740. The number of nitrogens with two attached hydrogens (primary N) is 1. The molecule has 0 saturated carbocycles. The molecule has 2 aromatic carbocycles. The van der Waals surface area contributed by atoms with Crippen molar-refractivity contribution in [3.05, 3.63) is 51.3 Å². The molecule has 0 aliphatic carbocycles. The van der Waals surface area contributed by atoms with E-state index in [4.69, 9.17) is 5.73 Å². The van der Waals surface area contributed by atoms with E-state index in [-0.39, 0.29) is 16.1 Å². The molecule has 20 heavy (non-hydrogen) atoms. The number of anilines is 2. The molecule has 0 atom stereocenters. The molecular formula is C13H12FIN2O2S. The van der Waals surface area contributed by atoms with Gasteiger partial charge in [0.25, 0.3) is 10.0 Å². The highest BCUT2D eigenvalue weighted by molar-refractivity contribution is 14.1. The maximum Gasteiger partial charge on any atom is 0.262 e. The molecular weight excluding hydrogens is 394 g/mol. The second-order valence-electron chi connectivity index (χ2n) is 4.23. The summed E-state index contributed by atoms with van der Waals surface area (Å²) in [5.74, 6) is -0.599. The second kappa shape index (κ2) is 5.57. The van der Waals surface area contributed by atoms with Gasteiger partial charge in [0.15, 0.2) is 0 Å². The first kappa shape index (κ1) is 15.0. The molecule has 4 nitrogen and oxygen atoms in total. The van der Waals surface area contributed by atoms with E-state index in [2.05, 4.69) is 4.72 Å². The third kappa shape index (κ3) is 3.04. The van der Waals surface area contributed by atoms with Crippen LogP contribution in [-0.4, -0.2) is 8.42 Å². The summed E-state index contributed by atoms with van der Waals surface area (Å²) in [5.41, 5.74) is 5.94. The first-order valence-electron chi connectivity index (χ1n) is 5.64. The Kier molecular flexibility index (Phi) is 4.19. The quantitative estimate of drug-likeness (QED) is 0.608. The van der Waals surface area contributed by atoms with E-state index < -0.39 is 15.8 Å². The normalized spacial score (nSPS) is 11.3. The van der Waals surface area contributed by atoms with E-state index in [1.807, 2.05) is 22.6 Å². The minimum atomic E-state index is -3.80. The predicted molar refractivity (Wildman–Crippen MR) is 85.5 cm³/mol. The Morgan fingerprint density at radius 2 is 1.90 bits per heavy atom. The lowest BCUT2D eigenvalue weighted by molar-refractivity contribution is 0.599. The van der Waals surface area contributed by atoms with Crippen LogP contribution < -0.4 is 10.5 Å². The first-order valence-corrected chi connectivity index (χ1v) is 8.20. The molecule has 0 radical (unpaired) electrons. The van der Waals surface area contributed by atoms with Gasteiger partial charge in [-0.3, -0.25) is 4.72 Å². The molecule has 0 fully saturated rings. The molecule has 2 aromatic rings. The van der Waals surface area contributed by atoms with Gasteiger partial charge in [-0.1, -0.05) is 12.1 Å². The predicted octanol–water partition coefficient (Wildman–Crippen LogP) is 3.12. The number of halogens is 2. The standard InChI is InChI=1S/C13H12FIN2O2S/c1-8-6-9(7-11(16)13(8)14)20(18,19)17-12-5-3-2-4-10(12)15/h2-7,17H,16H2,1H3. The van der Waals surface area contributed by atoms with Crippen LogP contribution >= 0.6 is 22.6 Å². The maximum absolute atomic E-state index is 13.4. The number of hydrogen-bond donors (Lipinski definition) is 2. The SMILES string of the molecule is Cc1cc(S(=O)(=O)Nc2ccccc2I)cc(N)c1F. The van der Waals surface area contributed by atoms with Crippen molar-refractivity contribution in [1.82, 2.24) is 0 Å². The summed E-state index contributed by atoms with van der Waals surface area (Å²) in [6.07, 6.45) is 0. The van der Waals surface area contributed by atoms with Crippen LogP contribution in [0.4, 0.5) is 15.8 Å². The summed E-state index contributed by atoms with van der Waals surface area (Å²) < 4.78 is 41.2. The summed E-state index contributed by atoms with van der Waals surface area (Å²) in [6, 6.07) is 9.33. The lowest BCUT2D eigenvalue weighted by atomic mass is 10.2. The minimum Gasteiger partial charge on any atom is -0.396 e. The Morgan fingerprint density at radius 3 is 2.50 bits per heavy atom. The fraction of sp³-hybridized carbons (Fsp3) is 0.0769. The molecule has 0 heterocycles. The van der Waals surface area contributed by atoms with Gasteiger partial charge in [-0.25, -0.2) is 12.8 Å². The number of nitrogens with one attached hydrogen (secondary N) is 1. The number of para-hydroxylation sites is 1. The van der Waals surface area contributed by atoms with Gasteiger partial charge in [0.1, 0.15) is 5.82 Å². The lowest BCUT2D eigenvalue weighted by Gasteiger charge is -2.11. The van der Waals surface area contributed by atoms with Crippen molar-refractivity contribution in [1.29, 1.82) is 0 Å². The van der Waals surface area contributed by atoms with E-state index in [0.29, 0.717) is 5.69 Å². The number of benzene rings is 2. The van der Waals surface area contributed by atoms with Gasteiger partial charge < -0.3 is 5.73 Å². The largest absolute Gasteiger partial charge is 0.396 e. The monoisotopic (exact) mass is 406 g/mol. The van der Waals surface area contributed by atoms with E-state index in [0.717, 1.165) is 9.64 Å². The zero-order chi connectivity index (χ0) is 14.9. The molecule has 0 unspecified atom stereocenters. The molecule has 3 N–H and O–H groups in total.